The summed E-state index contributed by atoms with van der Waals surface area (Å²) in [6.45, 7) is 8.99. The maximum Gasteiger partial charge on any atom is 0.00856 e. The van der Waals surface area contributed by atoms with Gasteiger partial charge in [0.2, 0.25) is 0 Å². The van der Waals surface area contributed by atoms with E-state index < -0.39 is 0 Å². The molecule has 0 radical (unpaired) electrons. The highest BCUT2D eigenvalue weighted by atomic mass is 14.9. The van der Waals surface area contributed by atoms with Crippen molar-refractivity contribution in [2.45, 2.75) is 51.9 Å². The van der Waals surface area contributed by atoms with Crippen LogP contribution >= 0.6 is 0 Å². The van der Waals surface area contributed by atoms with Crippen LogP contribution in [0, 0.1) is 12.8 Å². The average molecular weight is 245 g/mol. The van der Waals surface area contributed by atoms with Crippen LogP contribution in [0.3, 0.4) is 0 Å². The van der Waals surface area contributed by atoms with Crippen LogP contribution in [-0.4, -0.2) is 13.1 Å². The fourth-order valence-electron chi connectivity index (χ4n) is 3.65. The Morgan fingerprint density at radius 2 is 1.94 bits per heavy atom. The minimum Gasteiger partial charge on any atom is -0.316 e. The minimum absolute atomic E-state index is 0.418. The Kier molecular flexibility index (Phi) is 4.45. The molecule has 18 heavy (non-hydrogen) atoms. The predicted molar refractivity (Wildman–Crippen MR) is 79.0 cm³/mol. The first-order valence-corrected chi connectivity index (χ1v) is 7.48. The van der Waals surface area contributed by atoms with Crippen LogP contribution in [0.4, 0.5) is 0 Å². The maximum absolute atomic E-state index is 3.58. The van der Waals surface area contributed by atoms with Gasteiger partial charge in [-0.2, -0.15) is 0 Å². The molecular weight excluding hydrogens is 218 g/mol. The summed E-state index contributed by atoms with van der Waals surface area (Å²) in [5, 5.41) is 3.58. The molecule has 0 bridgehead atoms. The van der Waals surface area contributed by atoms with E-state index in [0.29, 0.717) is 5.41 Å². The van der Waals surface area contributed by atoms with Gasteiger partial charge in [-0.3, -0.25) is 0 Å². The summed E-state index contributed by atoms with van der Waals surface area (Å²) in [4.78, 5) is 0. The third-order valence-corrected chi connectivity index (χ3v) is 4.49. The molecule has 0 amide bonds. The molecule has 0 aliphatic heterocycles. The topological polar surface area (TPSA) is 12.0 Å². The molecule has 1 saturated carbocycles. The highest BCUT2D eigenvalue weighted by Crippen LogP contribution is 2.50. The fraction of sp³-hybridized carbons (Fsp3) is 0.647. The number of benzene rings is 1. The van der Waals surface area contributed by atoms with Gasteiger partial charge in [-0.1, -0.05) is 51.0 Å². The second-order valence-corrected chi connectivity index (χ2v) is 5.94. The zero-order chi connectivity index (χ0) is 13.0. The largest absolute Gasteiger partial charge is 0.316 e. The molecule has 1 N–H and O–H groups in total. The molecule has 0 unspecified atom stereocenters. The molecule has 1 nitrogen and oxygen atoms in total. The van der Waals surface area contributed by atoms with Crippen LogP contribution in [0.2, 0.25) is 0 Å². The van der Waals surface area contributed by atoms with Gasteiger partial charge >= 0.3 is 0 Å². The van der Waals surface area contributed by atoms with Crippen LogP contribution in [0.1, 0.15) is 50.7 Å². The smallest absolute Gasteiger partial charge is 0.00856 e. The second-order valence-electron chi connectivity index (χ2n) is 5.94. The maximum atomic E-state index is 3.58. The van der Waals surface area contributed by atoms with Gasteiger partial charge in [-0.15, -0.1) is 0 Å². The SMILES string of the molecule is CCCC1CC(CNCC)(c2ccccc2C)C1. The lowest BCUT2D eigenvalue weighted by atomic mass is 9.57. The van der Waals surface area contributed by atoms with Crippen molar-refractivity contribution in [3.8, 4) is 0 Å². The lowest BCUT2D eigenvalue weighted by Gasteiger charge is -2.49. The van der Waals surface area contributed by atoms with Gasteiger partial charge in [-0.25, -0.2) is 0 Å². The Morgan fingerprint density at radius 3 is 2.56 bits per heavy atom. The number of rotatable bonds is 6. The first kappa shape index (κ1) is 13.6. The van der Waals surface area contributed by atoms with Crippen LogP contribution in [0.15, 0.2) is 24.3 Å². The Hall–Kier alpha value is -0.820. The molecule has 0 saturated heterocycles. The zero-order valence-corrected chi connectivity index (χ0v) is 12.1. The van der Waals surface area contributed by atoms with Crippen molar-refractivity contribution in [2.24, 2.45) is 5.92 Å². The third kappa shape index (κ3) is 2.61. The van der Waals surface area contributed by atoms with Gasteiger partial charge in [0, 0.05) is 12.0 Å². The Labute approximate surface area is 112 Å². The van der Waals surface area contributed by atoms with Crippen molar-refractivity contribution in [3.63, 3.8) is 0 Å². The van der Waals surface area contributed by atoms with Crippen LogP contribution in [0.25, 0.3) is 0 Å². The van der Waals surface area contributed by atoms with Crippen molar-refractivity contribution in [1.82, 2.24) is 5.32 Å². The molecule has 0 atom stereocenters. The molecule has 1 aromatic carbocycles. The minimum atomic E-state index is 0.418. The molecule has 1 aliphatic rings. The molecule has 2 rings (SSSR count). The molecular formula is C17H27N. The number of hydrogen-bond acceptors (Lipinski definition) is 1. The monoisotopic (exact) mass is 245 g/mol. The van der Waals surface area contributed by atoms with Gasteiger partial charge in [0.25, 0.3) is 0 Å². The lowest BCUT2D eigenvalue weighted by Crippen LogP contribution is -2.49. The molecule has 0 spiro atoms. The summed E-state index contributed by atoms with van der Waals surface area (Å²) >= 11 is 0. The molecule has 0 heterocycles. The van der Waals surface area contributed by atoms with Crippen molar-refractivity contribution < 1.29 is 0 Å². The highest BCUT2D eigenvalue weighted by Gasteiger charge is 2.44. The summed E-state index contributed by atoms with van der Waals surface area (Å²) < 4.78 is 0. The molecule has 100 valence electrons. The van der Waals surface area contributed by atoms with Gasteiger partial charge in [0.15, 0.2) is 0 Å². The summed E-state index contributed by atoms with van der Waals surface area (Å²) in [7, 11) is 0. The molecule has 1 fully saturated rings. The zero-order valence-electron chi connectivity index (χ0n) is 12.1. The van der Waals surface area contributed by atoms with Crippen LogP contribution in [0.5, 0.6) is 0 Å². The van der Waals surface area contributed by atoms with E-state index in [0.717, 1.165) is 19.0 Å². The van der Waals surface area contributed by atoms with Crippen LogP contribution in [-0.2, 0) is 5.41 Å². The normalized spacial score (nSPS) is 26.9. The first-order chi connectivity index (χ1) is 8.72. The number of nitrogens with one attached hydrogen (secondary N) is 1. The van der Waals surface area contributed by atoms with Crippen molar-refractivity contribution in [3.05, 3.63) is 35.4 Å². The quantitative estimate of drug-likeness (QED) is 0.797. The fourth-order valence-corrected chi connectivity index (χ4v) is 3.65. The Balaban J connectivity index is 2.15. The predicted octanol–water partition coefficient (Wildman–Crippen LogP) is 4.05. The van der Waals surface area contributed by atoms with E-state index in [1.807, 2.05) is 0 Å². The highest BCUT2D eigenvalue weighted by molar-refractivity contribution is 5.36. The van der Waals surface area contributed by atoms with Gasteiger partial charge in [-0.05, 0) is 43.4 Å². The number of aryl methyl sites for hydroxylation is 1. The van der Waals surface area contributed by atoms with Gasteiger partial charge in [0.05, 0.1) is 0 Å². The van der Waals surface area contributed by atoms with Crippen LogP contribution < -0.4 is 5.32 Å². The van der Waals surface area contributed by atoms with Gasteiger partial charge in [0.1, 0.15) is 0 Å². The van der Waals surface area contributed by atoms with E-state index in [4.69, 9.17) is 0 Å². The van der Waals surface area contributed by atoms with E-state index >= 15 is 0 Å². The van der Waals surface area contributed by atoms with E-state index in [1.165, 1.54) is 31.2 Å². The summed E-state index contributed by atoms with van der Waals surface area (Å²) in [6, 6.07) is 8.95. The Bertz CT molecular complexity index is 377. The average Bonchev–Trinajstić information content (AvgIpc) is 2.33. The van der Waals surface area contributed by atoms with Crippen molar-refractivity contribution >= 4 is 0 Å². The van der Waals surface area contributed by atoms with Gasteiger partial charge < -0.3 is 5.32 Å². The summed E-state index contributed by atoms with van der Waals surface area (Å²) in [6.07, 6.45) is 5.48. The van der Waals surface area contributed by atoms with E-state index in [2.05, 4.69) is 50.4 Å². The number of likely N-dealkylation sites (N-methyl/N-ethyl adjacent to an activating group) is 1. The lowest BCUT2D eigenvalue weighted by molar-refractivity contribution is 0.128. The van der Waals surface area contributed by atoms with Crippen molar-refractivity contribution in [2.75, 3.05) is 13.1 Å². The molecule has 1 heteroatoms. The van der Waals surface area contributed by atoms with E-state index in [9.17, 15) is 0 Å². The number of hydrogen-bond donors (Lipinski definition) is 1. The van der Waals surface area contributed by atoms with Crippen molar-refractivity contribution in [1.29, 1.82) is 0 Å². The molecule has 1 aliphatic carbocycles. The third-order valence-electron chi connectivity index (χ3n) is 4.49. The Morgan fingerprint density at radius 1 is 1.22 bits per heavy atom. The molecule has 1 aromatic rings. The molecule has 0 aromatic heterocycles. The summed E-state index contributed by atoms with van der Waals surface area (Å²) in [5.41, 5.74) is 3.46. The van der Waals surface area contributed by atoms with E-state index in [-0.39, 0.29) is 0 Å². The van der Waals surface area contributed by atoms with E-state index in [1.54, 1.807) is 5.56 Å². The standard InChI is InChI=1S/C17H27N/c1-4-8-15-11-17(12-15,13-18-5-2)16-10-7-6-9-14(16)3/h6-7,9-10,15,18H,4-5,8,11-13H2,1-3H3. The second kappa shape index (κ2) is 5.88. The summed E-state index contributed by atoms with van der Waals surface area (Å²) in [5.74, 6) is 0.952. The first-order valence-electron chi connectivity index (χ1n) is 7.48.